The first-order chi connectivity index (χ1) is 37.6. The van der Waals surface area contributed by atoms with E-state index in [-0.39, 0.29) is 53.2 Å². The van der Waals surface area contributed by atoms with E-state index in [4.69, 9.17) is 74.9 Å². The average molecular weight is 1090 g/mol. The summed E-state index contributed by atoms with van der Waals surface area (Å²) in [5, 5.41) is 0. The van der Waals surface area contributed by atoms with Gasteiger partial charge in [-0.3, -0.25) is 0 Å². The van der Waals surface area contributed by atoms with Crippen LogP contribution in [0.25, 0.3) is 0 Å². The molecule has 5 heterocycles. The van der Waals surface area contributed by atoms with Gasteiger partial charge < -0.3 is 65.9 Å². The predicted octanol–water partition coefficient (Wildman–Crippen LogP) is 13.2. The molecule has 4 saturated heterocycles. The van der Waals surface area contributed by atoms with E-state index >= 15 is 0 Å². The third-order valence-electron chi connectivity index (χ3n) is 12.3. The van der Waals surface area contributed by atoms with E-state index < -0.39 is 7.66 Å². The molecule has 5 aliphatic heterocycles. The fourth-order valence-electron chi connectivity index (χ4n) is 7.95. The van der Waals surface area contributed by atoms with E-state index in [0.717, 1.165) is 22.3 Å². The lowest BCUT2D eigenvalue weighted by molar-refractivity contribution is 0.118. The monoisotopic (exact) mass is 1090 g/mol. The van der Waals surface area contributed by atoms with E-state index in [1.54, 1.807) is 6.07 Å². The summed E-state index contributed by atoms with van der Waals surface area (Å²) in [7, 11) is -2.82. The maximum atomic E-state index is 7.34. The van der Waals surface area contributed by atoms with Crippen molar-refractivity contribution < 1.29 is 65.9 Å². The van der Waals surface area contributed by atoms with Crippen LogP contribution >= 0.6 is 24.7 Å². The number of benzene rings is 6. The lowest BCUT2D eigenvalue weighted by atomic mass is 10.1. The van der Waals surface area contributed by atoms with Crippen LogP contribution in [0, 0.1) is 0 Å². The summed E-state index contributed by atoms with van der Waals surface area (Å²) in [6.45, 7) is 6.64. The van der Waals surface area contributed by atoms with E-state index in [1.807, 2.05) is 127 Å². The molecule has 0 bridgehead atoms. The summed E-state index contributed by atoms with van der Waals surface area (Å²) >= 11 is 0. The minimum Gasteiger partial charge on any atom is -0.453 e. The minimum atomic E-state index is -3.59. The van der Waals surface area contributed by atoms with Gasteiger partial charge in [-0.05, 0) is 84.3 Å². The Morgan fingerprint density at radius 1 is 0.408 bits per heavy atom. The third-order valence-corrected chi connectivity index (χ3v) is 16.3. The number of ether oxygens (including phenoxy) is 12. The molecular formula is C56H58N3O14P3. The number of hydrogen-bond donors (Lipinski definition) is 0. The molecule has 76 heavy (non-hydrogen) atoms. The first-order valence-corrected chi connectivity index (χ1v) is 28.6. The molecule has 0 aliphatic carbocycles. The maximum absolute atomic E-state index is 7.34. The molecule has 0 N–H and O–H groups in total. The first kappa shape index (κ1) is 52.3. The van der Waals surface area contributed by atoms with Gasteiger partial charge in [0.25, 0.3) is 0 Å². The third kappa shape index (κ3) is 15.2. The number of rotatable bonds is 32. The molecule has 5 aliphatic rings. The van der Waals surface area contributed by atoms with Crippen molar-refractivity contribution in [1.82, 2.24) is 0 Å². The molecule has 4 fully saturated rings. The number of para-hydroxylation sites is 5. The van der Waals surface area contributed by atoms with Crippen molar-refractivity contribution in [3.63, 3.8) is 0 Å². The van der Waals surface area contributed by atoms with Crippen LogP contribution in [0.5, 0.6) is 57.5 Å². The molecule has 0 spiro atoms. The number of epoxide rings is 4. The van der Waals surface area contributed by atoms with Crippen LogP contribution in [0.1, 0.15) is 22.3 Å². The smallest absolute Gasteiger partial charge is 0.453 e. The van der Waals surface area contributed by atoms with Gasteiger partial charge in [0.1, 0.15) is 53.2 Å². The van der Waals surface area contributed by atoms with Crippen molar-refractivity contribution in [3.05, 3.63) is 156 Å². The summed E-state index contributed by atoms with van der Waals surface area (Å²) in [6.07, 6.45) is 2.67. The highest BCUT2D eigenvalue weighted by Crippen LogP contribution is 2.64. The summed E-state index contributed by atoms with van der Waals surface area (Å²) < 4.78 is 103. The minimum absolute atomic E-state index is 0.123. The predicted molar refractivity (Wildman–Crippen MR) is 285 cm³/mol. The topological polar surface area (TPSA) is 180 Å². The summed E-state index contributed by atoms with van der Waals surface area (Å²) in [4.78, 5) is 0. The molecule has 0 saturated carbocycles. The van der Waals surface area contributed by atoms with Gasteiger partial charge in [0.2, 0.25) is 17.2 Å². The van der Waals surface area contributed by atoms with Gasteiger partial charge in [0, 0.05) is 6.07 Å². The van der Waals surface area contributed by atoms with Gasteiger partial charge in [-0.2, -0.15) is 4.52 Å². The van der Waals surface area contributed by atoms with Crippen molar-refractivity contribution in [2.24, 2.45) is 13.5 Å². The van der Waals surface area contributed by atoms with E-state index in [1.165, 1.54) is 0 Å². The van der Waals surface area contributed by atoms with Crippen LogP contribution in [0.3, 0.4) is 0 Å². The van der Waals surface area contributed by atoms with Crippen LogP contribution in [-0.2, 0) is 63.6 Å². The maximum Gasteiger partial charge on any atom is 0.460 e. The van der Waals surface area contributed by atoms with Crippen molar-refractivity contribution >= 4 is 24.7 Å². The molecule has 11 rings (SSSR count). The molecule has 6 aromatic rings. The van der Waals surface area contributed by atoms with Crippen LogP contribution < -0.4 is 28.0 Å². The Balaban J connectivity index is 1.07. The van der Waals surface area contributed by atoms with Gasteiger partial charge in [-0.25, -0.2) is 0 Å². The molecular weight excluding hydrogens is 1030 g/mol. The second-order valence-corrected chi connectivity index (χ2v) is 22.1. The lowest BCUT2D eigenvalue weighted by Gasteiger charge is -2.26. The fourth-order valence-corrected chi connectivity index (χ4v) is 11.7. The Morgan fingerprint density at radius 2 is 0.789 bits per heavy atom. The average Bonchev–Trinajstić information content (AvgIpc) is 4.22. The van der Waals surface area contributed by atoms with Gasteiger partial charge in [0.15, 0.2) is 28.5 Å². The molecule has 396 valence electrons. The fraction of sp³-hybridized carbons (Fsp3) is 0.357. The highest BCUT2D eigenvalue weighted by Gasteiger charge is 2.35. The SMILES string of the molecule is c1ccc(OP2(Oc3cc(Oc4ccccc4CCOCC4CO4)c(Oc4ccccc4CCOCC4CO4)c(Oc4ccccc4CCOCC4CO4)c3Oc3ccccc3CCOCC3CO3)=NP=NP=N2)cc1. The molecule has 17 nitrogen and oxygen atoms in total. The van der Waals surface area contributed by atoms with E-state index in [0.29, 0.717) is 151 Å². The zero-order valence-corrected chi connectivity index (χ0v) is 44.4. The number of hydrogen-bond acceptors (Lipinski definition) is 17. The Morgan fingerprint density at radius 3 is 1.20 bits per heavy atom. The van der Waals surface area contributed by atoms with Gasteiger partial charge in [-0.15, -0.1) is 9.03 Å². The second kappa shape index (κ2) is 26.0. The van der Waals surface area contributed by atoms with Crippen molar-refractivity contribution in [3.8, 4) is 57.5 Å². The quantitative estimate of drug-likeness (QED) is 0.0221. The molecule has 20 heteroatoms. The Kier molecular flexibility index (Phi) is 17.9. The second-order valence-electron chi connectivity index (χ2n) is 18.3. The highest BCUT2D eigenvalue weighted by atomic mass is 31.2. The van der Waals surface area contributed by atoms with Crippen LogP contribution in [0.4, 0.5) is 0 Å². The van der Waals surface area contributed by atoms with E-state index in [9.17, 15) is 0 Å². The summed E-state index contributed by atoms with van der Waals surface area (Å²) in [5.74, 6) is 3.51. The molecule has 5 atom stereocenters. The zero-order chi connectivity index (χ0) is 51.2. The lowest BCUT2D eigenvalue weighted by Crippen LogP contribution is -2.08. The van der Waals surface area contributed by atoms with Crippen molar-refractivity contribution in [2.45, 2.75) is 50.1 Å². The molecule has 0 aromatic heterocycles. The normalized spacial score (nSPS) is 21.0. The molecule has 6 aromatic carbocycles. The number of nitrogens with zero attached hydrogens (tertiary/aromatic N) is 3. The Hall–Kier alpha value is -5.77. The van der Waals surface area contributed by atoms with Gasteiger partial charge in [-0.1, -0.05) is 91.0 Å². The highest BCUT2D eigenvalue weighted by molar-refractivity contribution is 7.65. The Labute approximate surface area is 445 Å². The van der Waals surface area contributed by atoms with Crippen molar-refractivity contribution in [1.29, 1.82) is 0 Å². The standard InChI is InChI=1S/C56H58N3O14P3/c1-2-16-43(17-3-1)72-76(58-74-57-75-59-76)73-53-30-52(68-48-18-8-4-12-39(48)22-26-60-31-44-35-64-44)54(69-49-19-9-5-13-40(49)23-27-61-32-45-36-65-45)56(71-51-21-11-7-15-42(51)25-29-63-34-47-38-67-47)55(53)70-50-20-10-6-14-41(50)24-28-62-33-46-37-66-46/h1-21,30,44-47H,22-29,31-38H2. The Bertz CT molecular complexity index is 3010. The van der Waals surface area contributed by atoms with E-state index in [2.05, 4.69) is 4.52 Å². The van der Waals surface area contributed by atoms with Crippen LogP contribution in [-0.4, -0.2) is 104 Å². The first-order valence-electron chi connectivity index (χ1n) is 25.5. The zero-order valence-electron chi connectivity index (χ0n) is 41.7. The van der Waals surface area contributed by atoms with Crippen LogP contribution in [0.2, 0.25) is 0 Å². The molecule has 0 amide bonds. The molecule has 5 unspecified atom stereocenters. The summed E-state index contributed by atoms with van der Waals surface area (Å²) in [5.41, 5.74) is 3.52. The summed E-state index contributed by atoms with van der Waals surface area (Å²) in [6, 6.07) is 42.3. The largest absolute Gasteiger partial charge is 0.460 e. The van der Waals surface area contributed by atoms with Crippen LogP contribution in [0.15, 0.2) is 147 Å². The van der Waals surface area contributed by atoms with Crippen molar-refractivity contribution in [2.75, 3.05) is 79.3 Å². The van der Waals surface area contributed by atoms with Gasteiger partial charge >= 0.3 is 7.66 Å². The van der Waals surface area contributed by atoms with Gasteiger partial charge in [0.05, 0.1) is 79.3 Å². The molecule has 0 radical (unpaired) electrons.